The number of ether oxygens (including phenoxy) is 5. The molecule has 0 aliphatic carbocycles. The smallest absolute Gasteiger partial charge is 0.308 e. The lowest BCUT2D eigenvalue weighted by atomic mass is 9.96. The molecule has 170 valence electrons. The Morgan fingerprint density at radius 1 is 0.933 bits per heavy atom. The second-order valence-corrected chi connectivity index (χ2v) is 7.87. The number of carbonyl (C=O) groups excluding carboxylic acids is 3. The summed E-state index contributed by atoms with van der Waals surface area (Å²) in [6.07, 6.45) is -4.48. The van der Waals surface area contributed by atoms with Gasteiger partial charge in [-0.15, -0.1) is 0 Å². The summed E-state index contributed by atoms with van der Waals surface area (Å²) in [5.74, 6) is -2.99. The van der Waals surface area contributed by atoms with Crippen LogP contribution in [0.3, 0.4) is 0 Å². The molecule has 0 spiro atoms. The van der Waals surface area contributed by atoms with Gasteiger partial charge in [0.25, 0.3) is 0 Å². The molecule has 5 atom stereocenters. The van der Waals surface area contributed by atoms with Gasteiger partial charge in [-0.2, -0.15) is 0 Å². The molecule has 0 unspecified atom stereocenters. The SMILES string of the molecule is CO[C@H]1O[C@H](COC(=O)C(C)C)[C@H](OC(=O)C(C)C)[C@H](OC(=O)C(C)C)[C@H]1N=[N+]=[N-]. The van der Waals surface area contributed by atoms with Gasteiger partial charge < -0.3 is 23.7 Å². The van der Waals surface area contributed by atoms with Crippen LogP contribution >= 0.6 is 0 Å². The van der Waals surface area contributed by atoms with E-state index >= 15 is 0 Å². The molecule has 0 aromatic heterocycles. The third-order valence-corrected chi connectivity index (χ3v) is 4.34. The Morgan fingerprint density at radius 3 is 1.87 bits per heavy atom. The zero-order valence-corrected chi connectivity index (χ0v) is 18.4. The van der Waals surface area contributed by atoms with Crippen molar-refractivity contribution in [1.82, 2.24) is 0 Å². The van der Waals surface area contributed by atoms with Crippen LogP contribution < -0.4 is 0 Å². The summed E-state index contributed by atoms with van der Waals surface area (Å²) in [6.45, 7) is 9.61. The van der Waals surface area contributed by atoms with E-state index in [2.05, 4.69) is 10.0 Å². The number of hydrogen-bond acceptors (Lipinski definition) is 9. The van der Waals surface area contributed by atoms with Crippen molar-refractivity contribution < 1.29 is 38.1 Å². The first-order valence-electron chi connectivity index (χ1n) is 9.83. The van der Waals surface area contributed by atoms with Crippen LogP contribution in [-0.2, 0) is 38.1 Å². The second kappa shape index (κ2) is 11.7. The minimum atomic E-state index is -1.19. The first kappa shape index (κ1) is 25.7. The van der Waals surface area contributed by atoms with Crippen molar-refractivity contribution in [3.63, 3.8) is 0 Å². The van der Waals surface area contributed by atoms with Gasteiger partial charge in [-0.25, -0.2) is 0 Å². The molecule has 1 fully saturated rings. The zero-order chi connectivity index (χ0) is 23.0. The molecule has 0 bridgehead atoms. The minimum Gasteiger partial charge on any atom is -0.463 e. The first-order chi connectivity index (χ1) is 14.0. The summed E-state index contributed by atoms with van der Waals surface area (Å²) in [5.41, 5.74) is 8.98. The van der Waals surface area contributed by atoms with Gasteiger partial charge in [-0.3, -0.25) is 14.4 Å². The van der Waals surface area contributed by atoms with E-state index in [0.717, 1.165) is 0 Å². The Hall–Kier alpha value is -2.36. The lowest BCUT2D eigenvalue weighted by Gasteiger charge is -2.43. The molecule has 11 heteroatoms. The maximum absolute atomic E-state index is 12.3. The summed E-state index contributed by atoms with van der Waals surface area (Å²) >= 11 is 0. The molecule has 0 aromatic rings. The van der Waals surface area contributed by atoms with Gasteiger partial charge in [0.1, 0.15) is 18.8 Å². The maximum atomic E-state index is 12.3. The highest BCUT2D eigenvalue weighted by Gasteiger charge is 2.51. The molecule has 1 saturated heterocycles. The van der Waals surface area contributed by atoms with Crippen molar-refractivity contribution >= 4 is 17.9 Å². The predicted octanol–water partition coefficient (Wildman–Crippen LogP) is 2.37. The van der Waals surface area contributed by atoms with Gasteiger partial charge in [0.15, 0.2) is 18.5 Å². The van der Waals surface area contributed by atoms with Crippen molar-refractivity contribution in [3.8, 4) is 0 Å². The largest absolute Gasteiger partial charge is 0.463 e. The van der Waals surface area contributed by atoms with Crippen molar-refractivity contribution in [1.29, 1.82) is 0 Å². The van der Waals surface area contributed by atoms with E-state index in [1.54, 1.807) is 41.5 Å². The first-order valence-corrected chi connectivity index (χ1v) is 9.83. The number of hydrogen-bond donors (Lipinski definition) is 0. The fourth-order valence-corrected chi connectivity index (χ4v) is 2.55. The number of rotatable bonds is 9. The van der Waals surface area contributed by atoms with Crippen LogP contribution in [-0.4, -0.2) is 62.3 Å². The highest BCUT2D eigenvalue weighted by molar-refractivity contribution is 5.73. The van der Waals surface area contributed by atoms with Crippen molar-refractivity contribution in [3.05, 3.63) is 10.4 Å². The monoisotopic (exact) mass is 429 g/mol. The number of nitrogens with zero attached hydrogens (tertiary/aromatic N) is 3. The van der Waals surface area contributed by atoms with Crippen molar-refractivity contribution in [2.24, 2.45) is 22.9 Å². The van der Waals surface area contributed by atoms with Gasteiger partial charge in [-0.1, -0.05) is 46.7 Å². The summed E-state index contributed by atoms with van der Waals surface area (Å²) < 4.78 is 27.4. The van der Waals surface area contributed by atoms with Crippen molar-refractivity contribution in [2.45, 2.75) is 72.2 Å². The Bertz CT molecular complexity index is 660. The Labute approximate surface area is 175 Å². The van der Waals surface area contributed by atoms with E-state index in [1.807, 2.05) is 0 Å². The molecule has 0 amide bonds. The highest BCUT2D eigenvalue weighted by atomic mass is 16.7. The molecule has 1 heterocycles. The van der Waals surface area contributed by atoms with Crippen LogP contribution in [0.4, 0.5) is 0 Å². The molecule has 1 rings (SSSR count). The van der Waals surface area contributed by atoms with Gasteiger partial charge in [0.2, 0.25) is 0 Å². The third kappa shape index (κ3) is 6.86. The highest BCUT2D eigenvalue weighted by Crippen LogP contribution is 2.30. The van der Waals surface area contributed by atoms with E-state index in [-0.39, 0.29) is 12.5 Å². The number of methoxy groups -OCH3 is 1. The standard InChI is InChI=1S/C19H31N3O8/c1-9(2)16(23)27-8-12-14(29-17(24)10(3)4)15(30-18(25)11(5)6)13(21-22-20)19(26-7)28-12/h9-15,19H,8H2,1-7H3/t12-,13-,14+,15-,19+/m1/s1. The quantitative estimate of drug-likeness (QED) is 0.178. The lowest BCUT2D eigenvalue weighted by Crippen LogP contribution is -2.61. The lowest BCUT2D eigenvalue weighted by molar-refractivity contribution is -0.269. The molecule has 30 heavy (non-hydrogen) atoms. The molecular weight excluding hydrogens is 398 g/mol. The topological polar surface area (TPSA) is 146 Å². The van der Waals surface area contributed by atoms with Crippen LogP contribution in [0.25, 0.3) is 10.4 Å². The fourth-order valence-electron chi connectivity index (χ4n) is 2.55. The molecule has 1 aliphatic rings. The molecule has 1 aliphatic heterocycles. The number of carbonyl (C=O) groups is 3. The third-order valence-electron chi connectivity index (χ3n) is 4.34. The van der Waals surface area contributed by atoms with Crippen LogP contribution in [0.15, 0.2) is 5.11 Å². The summed E-state index contributed by atoms with van der Waals surface area (Å²) in [4.78, 5) is 39.3. The predicted molar refractivity (Wildman–Crippen MR) is 104 cm³/mol. The molecular formula is C19H31N3O8. The van der Waals surface area contributed by atoms with Crippen molar-refractivity contribution in [2.75, 3.05) is 13.7 Å². The maximum Gasteiger partial charge on any atom is 0.308 e. The zero-order valence-electron chi connectivity index (χ0n) is 18.4. The van der Waals surface area contributed by atoms with E-state index in [4.69, 9.17) is 29.2 Å². The van der Waals surface area contributed by atoms with Gasteiger partial charge in [0, 0.05) is 12.0 Å². The fraction of sp³-hybridized carbons (Fsp3) is 0.842. The average Bonchev–Trinajstić information content (AvgIpc) is 2.68. The molecule has 0 saturated carbocycles. The second-order valence-electron chi connectivity index (χ2n) is 7.87. The number of esters is 3. The van der Waals surface area contributed by atoms with E-state index in [9.17, 15) is 14.4 Å². The summed E-state index contributed by atoms with van der Waals surface area (Å²) in [6, 6.07) is -1.12. The van der Waals surface area contributed by atoms with Gasteiger partial charge >= 0.3 is 17.9 Å². The van der Waals surface area contributed by atoms with E-state index in [1.165, 1.54) is 7.11 Å². The summed E-state index contributed by atoms with van der Waals surface area (Å²) in [5, 5.41) is 3.64. The molecule has 0 aromatic carbocycles. The average molecular weight is 429 g/mol. The molecule has 0 N–H and O–H groups in total. The van der Waals surface area contributed by atoms with Crippen LogP contribution in [0.1, 0.15) is 41.5 Å². The van der Waals surface area contributed by atoms with Crippen LogP contribution in [0, 0.1) is 17.8 Å². The van der Waals surface area contributed by atoms with Crippen LogP contribution in [0.5, 0.6) is 0 Å². The Kier molecular flexibility index (Phi) is 10.0. The van der Waals surface area contributed by atoms with Gasteiger partial charge in [0.05, 0.1) is 17.8 Å². The Morgan fingerprint density at radius 2 is 1.43 bits per heavy atom. The van der Waals surface area contributed by atoms with Gasteiger partial charge in [-0.05, 0) is 5.53 Å². The molecule has 0 radical (unpaired) electrons. The number of azide groups is 1. The Balaban J connectivity index is 3.31. The molecule has 11 nitrogen and oxygen atoms in total. The van der Waals surface area contributed by atoms with E-state index in [0.29, 0.717) is 0 Å². The van der Waals surface area contributed by atoms with E-state index < -0.39 is 60.4 Å². The van der Waals surface area contributed by atoms with Crippen LogP contribution in [0.2, 0.25) is 0 Å². The normalized spacial score (nSPS) is 26.3. The minimum absolute atomic E-state index is 0.272. The summed E-state index contributed by atoms with van der Waals surface area (Å²) in [7, 11) is 1.32.